The summed E-state index contributed by atoms with van der Waals surface area (Å²) >= 11 is 0. The minimum atomic E-state index is -0.160. The largest absolute Gasteiger partial charge is 0.355 e. The predicted octanol–water partition coefficient (Wildman–Crippen LogP) is 3.34. The van der Waals surface area contributed by atoms with Crippen LogP contribution in [0.3, 0.4) is 0 Å². The standard InChI is InChI=1S/C23H33N5O/c1-14-9-8-10-20(15(14)2)18(5)24-19-11-12-28(13-19)22-16(3)17(4)25-21(26-22)23(29)27(6)7/h8-10,18-19,24H,11-13H2,1-7H3/t18?,19-/m1/s1. The summed E-state index contributed by atoms with van der Waals surface area (Å²) < 4.78 is 0. The third kappa shape index (κ3) is 4.42. The quantitative estimate of drug-likeness (QED) is 0.841. The molecule has 2 atom stereocenters. The number of rotatable bonds is 5. The van der Waals surface area contributed by atoms with Crippen molar-refractivity contribution in [1.82, 2.24) is 20.2 Å². The zero-order chi connectivity index (χ0) is 21.3. The van der Waals surface area contributed by atoms with Crippen molar-refractivity contribution in [2.75, 3.05) is 32.1 Å². The van der Waals surface area contributed by atoms with Crippen LogP contribution >= 0.6 is 0 Å². The van der Waals surface area contributed by atoms with E-state index in [-0.39, 0.29) is 11.7 Å². The van der Waals surface area contributed by atoms with Crippen molar-refractivity contribution in [3.05, 3.63) is 52.0 Å². The van der Waals surface area contributed by atoms with Gasteiger partial charge in [0, 0.05) is 50.5 Å². The summed E-state index contributed by atoms with van der Waals surface area (Å²) in [5.41, 5.74) is 5.95. The smallest absolute Gasteiger partial charge is 0.291 e. The van der Waals surface area contributed by atoms with Crippen molar-refractivity contribution < 1.29 is 4.79 Å². The number of benzene rings is 1. The van der Waals surface area contributed by atoms with Crippen molar-refractivity contribution in [2.45, 2.75) is 53.1 Å². The molecule has 1 amide bonds. The molecule has 1 saturated heterocycles. The minimum absolute atomic E-state index is 0.160. The Hall–Kier alpha value is -2.47. The number of nitrogens with one attached hydrogen (secondary N) is 1. The van der Waals surface area contributed by atoms with Crippen LogP contribution in [-0.4, -0.2) is 54.0 Å². The van der Waals surface area contributed by atoms with Crippen molar-refractivity contribution in [1.29, 1.82) is 0 Å². The number of carbonyl (C=O) groups excluding carboxylic acids is 1. The highest BCUT2D eigenvalue weighted by Gasteiger charge is 2.28. The molecular weight excluding hydrogens is 362 g/mol. The molecule has 2 heterocycles. The number of amides is 1. The van der Waals surface area contributed by atoms with E-state index in [1.165, 1.54) is 21.6 Å². The van der Waals surface area contributed by atoms with E-state index in [4.69, 9.17) is 0 Å². The van der Waals surface area contributed by atoms with E-state index < -0.39 is 0 Å². The second-order valence-corrected chi connectivity index (χ2v) is 8.39. The third-order valence-electron chi connectivity index (χ3n) is 6.05. The fraction of sp³-hybridized carbons (Fsp3) is 0.522. The lowest BCUT2D eigenvalue weighted by Crippen LogP contribution is -2.35. The number of carbonyl (C=O) groups is 1. The molecule has 1 fully saturated rings. The second-order valence-electron chi connectivity index (χ2n) is 8.39. The first kappa shape index (κ1) is 21.2. The first-order valence-corrected chi connectivity index (χ1v) is 10.3. The number of aromatic nitrogens is 2. The van der Waals surface area contributed by atoms with Gasteiger partial charge in [-0.1, -0.05) is 18.2 Å². The number of aryl methyl sites for hydroxylation is 2. The zero-order valence-electron chi connectivity index (χ0n) is 18.7. The average Bonchev–Trinajstić information content (AvgIpc) is 3.13. The van der Waals surface area contributed by atoms with Gasteiger partial charge in [0.15, 0.2) is 0 Å². The van der Waals surface area contributed by atoms with Crippen molar-refractivity contribution in [3.63, 3.8) is 0 Å². The van der Waals surface area contributed by atoms with Gasteiger partial charge in [0.1, 0.15) is 5.82 Å². The molecule has 0 bridgehead atoms. The van der Waals surface area contributed by atoms with E-state index in [1.54, 1.807) is 14.1 Å². The van der Waals surface area contributed by atoms with Gasteiger partial charge in [0.2, 0.25) is 5.82 Å². The summed E-state index contributed by atoms with van der Waals surface area (Å²) in [6, 6.07) is 7.18. The topological polar surface area (TPSA) is 61.4 Å². The lowest BCUT2D eigenvalue weighted by Gasteiger charge is -2.24. The maximum absolute atomic E-state index is 12.4. The highest BCUT2D eigenvalue weighted by molar-refractivity contribution is 5.90. The molecular formula is C23H33N5O. The molecule has 156 valence electrons. The molecule has 1 N–H and O–H groups in total. The molecule has 2 aromatic rings. The summed E-state index contributed by atoms with van der Waals surface area (Å²) in [7, 11) is 3.45. The maximum Gasteiger partial charge on any atom is 0.291 e. The number of hydrogen-bond donors (Lipinski definition) is 1. The molecule has 0 saturated carbocycles. The fourth-order valence-corrected chi connectivity index (χ4v) is 3.99. The van der Waals surface area contributed by atoms with E-state index in [2.05, 4.69) is 59.2 Å². The Balaban J connectivity index is 1.75. The van der Waals surface area contributed by atoms with Gasteiger partial charge >= 0.3 is 0 Å². The predicted molar refractivity (Wildman–Crippen MR) is 118 cm³/mol. The van der Waals surface area contributed by atoms with Gasteiger partial charge in [-0.2, -0.15) is 0 Å². The normalized spacial score (nSPS) is 17.5. The van der Waals surface area contributed by atoms with Crippen molar-refractivity contribution in [3.8, 4) is 0 Å². The molecule has 1 aliphatic heterocycles. The molecule has 6 heteroatoms. The highest BCUT2D eigenvalue weighted by Crippen LogP contribution is 2.26. The lowest BCUT2D eigenvalue weighted by molar-refractivity contribution is 0.0815. The molecule has 0 aliphatic carbocycles. The average molecular weight is 396 g/mol. The molecule has 3 rings (SSSR count). The number of anilines is 1. The molecule has 0 radical (unpaired) electrons. The summed E-state index contributed by atoms with van der Waals surface area (Å²) in [5, 5.41) is 3.79. The van der Waals surface area contributed by atoms with Gasteiger partial charge in [-0.05, 0) is 57.7 Å². The zero-order valence-corrected chi connectivity index (χ0v) is 18.7. The third-order valence-corrected chi connectivity index (χ3v) is 6.05. The highest BCUT2D eigenvalue weighted by atomic mass is 16.2. The molecule has 1 aliphatic rings. The Morgan fingerprint density at radius 3 is 2.59 bits per heavy atom. The van der Waals surface area contributed by atoms with Gasteiger partial charge in [-0.25, -0.2) is 9.97 Å². The van der Waals surface area contributed by atoms with E-state index in [0.29, 0.717) is 12.1 Å². The molecule has 0 spiro atoms. The number of nitrogens with zero attached hydrogens (tertiary/aromatic N) is 4. The molecule has 1 aromatic heterocycles. The molecule has 29 heavy (non-hydrogen) atoms. The van der Waals surface area contributed by atoms with Gasteiger partial charge in [0.25, 0.3) is 5.91 Å². The Labute approximate surface area is 174 Å². The summed E-state index contributed by atoms with van der Waals surface area (Å²) in [4.78, 5) is 25.2. The van der Waals surface area contributed by atoms with Gasteiger partial charge in [0.05, 0.1) is 0 Å². The first-order valence-electron chi connectivity index (χ1n) is 10.3. The molecule has 6 nitrogen and oxygen atoms in total. The first-order chi connectivity index (χ1) is 13.7. The summed E-state index contributed by atoms with van der Waals surface area (Å²) in [6.45, 7) is 12.4. The minimum Gasteiger partial charge on any atom is -0.355 e. The second kappa shape index (κ2) is 8.49. The van der Waals surface area contributed by atoms with Crippen LogP contribution in [0.4, 0.5) is 5.82 Å². The lowest BCUT2D eigenvalue weighted by atomic mass is 9.98. The summed E-state index contributed by atoms with van der Waals surface area (Å²) in [5.74, 6) is 0.992. The van der Waals surface area contributed by atoms with Crippen LogP contribution in [-0.2, 0) is 0 Å². The van der Waals surface area contributed by atoms with Crippen LogP contribution < -0.4 is 10.2 Å². The Bertz CT molecular complexity index is 908. The molecule has 1 unspecified atom stereocenters. The maximum atomic E-state index is 12.4. The van der Waals surface area contributed by atoms with Crippen LogP contribution in [0.1, 0.15) is 58.0 Å². The van der Waals surface area contributed by atoms with Crippen LogP contribution in [0.2, 0.25) is 0 Å². The SMILES string of the molecule is Cc1cccc(C(C)N[C@@H]2CCN(c3nc(C(=O)N(C)C)nc(C)c3C)C2)c1C. The van der Waals surface area contributed by atoms with E-state index >= 15 is 0 Å². The Morgan fingerprint density at radius 2 is 1.90 bits per heavy atom. The van der Waals surface area contributed by atoms with Crippen LogP contribution in [0, 0.1) is 27.7 Å². The van der Waals surface area contributed by atoms with Crippen LogP contribution in [0.25, 0.3) is 0 Å². The Morgan fingerprint density at radius 1 is 1.17 bits per heavy atom. The van der Waals surface area contributed by atoms with Crippen LogP contribution in [0.15, 0.2) is 18.2 Å². The van der Waals surface area contributed by atoms with Crippen molar-refractivity contribution >= 4 is 11.7 Å². The van der Waals surface area contributed by atoms with Crippen molar-refractivity contribution in [2.24, 2.45) is 0 Å². The van der Waals surface area contributed by atoms with E-state index in [9.17, 15) is 4.79 Å². The van der Waals surface area contributed by atoms with Gasteiger partial charge < -0.3 is 15.1 Å². The fourth-order valence-electron chi connectivity index (χ4n) is 3.99. The molecule has 1 aromatic carbocycles. The summed E-state index contributed by atoms with van der Waals surface area (Å²) in [6.07, 6.45) is 1.05. The van der Waals surface area contributed by atoms with E-state index in [1.807, 2.05) is 13.8 Å². The number of hydrogen-bond acceptors (Lipinski definition) is 5. The monoisotopic (exact) mass is 395 g/mol. The van der Waals surface area contributed by atoms with Crippen LogP contribution in [0.5, 0.6) is 0 Å². The Kier molecular flexibility index (Phi) is 6.22. The van der Waals surface area contributed by atoms with Gasteiger partial charge in [-0.3, -0.25) is 4.79 Å². The van der Waals surface area contributed by atoms with E-state index in [0.717, 1.165) is 36.6 Å². The van der Waals surface area contributed by atoms with Gasteiger partial charge in [-0.15, -0.1) is 0 Å².